The first-order valence-electron chi connectivity index (χ1n) is 4.44. The number of rotatable bonds is 3. The van der Waals surface area contributed by atoms with Crippen LogP contribution in [0.15, 0.2) is 6.20 Å². The Labute approximate surface area is 76.3 Å². The van der Waals surface area contributed by atoms with Gasteiger partial charge in [-0.3, -0.25) is 0 Å². The summed E-state index contributed by atoms with van der Waals surface area (Å²) in [5, 5.41) is 10.6. The van der Waals surface area contributed by atoms with Crippen molar-refractivity contribution in [1.29, 1.82) is 0 Å². The van der Waals surface area contributed by atoms with E-state index in [1.165, 1.54) is 17.7 Å². The van der Waals surface area contributed by atoms with Gasteiger partial charge in [-0.25, -0.2) is 4.98 Å². The van der Waals surface area contributed by atoms with Crippen LogP contribution in [0, 0.1) is 5.92 Å². The summed E-state index contributed by atoms with van der Waals surface area (Å²) in [5.74, 6) is 0.501. The molecular formula is C9H13NOS. The Morgan fingerprint density at radius 3 is 3.00 bits per heavy atom. The van der Waals surface area contributed by atoms with Crippen molar-refractivity contribution >= 4 is 11.3 Å². The van der Waals surface area contributed by atoms with Crippen LogP contribution < -0.4 is 0 Å². The maximum absolute atomic E-state index is 9.72. The van der Waals surface area contributed by atoms with E-state index in [-0.39, 0.29) is 6.10 Å². The van der Waals surface area contributed by atoms with Crippen molar-refractivity contribution in [3.63, 3.8) is 0 Å². The van der Waals surface area contributed by atoms with E-state index in [4.69, 9.17) is 0 Å². The fourth-order valence-electron chi connectivity index (χ4n) is 1.24. The molecule has 1 fully saturated rings. The molecule has 2 rings (SSSR count). The summed E-state index contributed by atoms with van der Waals surface area (Å²) < 4.78 is 0. The number of thiazole rings is 1. The fourth-order valence-corrected chi connectivity index (χ4v) is 2.17. The highest BCUT2D eigenvalue weighted by atomic mass is 32.1. The molecule has 1 aliphatic rings. The Morgan fingerprint density at radius 1 is 1.75 bits per heavy atom. The Morgan fingerprint density at radius 2 is 2.50 bits per heavy atom. The molecular weight excluding hydrogens is 170 g/mol. The van der Waals surface area contributed by atoms with Gasteiger partial charge >= 0.3 is 0 Å². The number of aryl methyl sites for hydroxylation is 1. The van der Waals surface area contributed by atoms with Crippen LogP contribution in [0.2, 0.25) is 0 Å². The molecule has 1 aromatic heterocycles. The summed E-state index contributed by atoms with van der Waals surface area (Å²) in [6.07, 6.45) is 4.96. The highest BCUT2D eigenvalue weighted by Crippen LogP contribution is 2.41. The van der Waals surface area contributed by atoms with Crippen LogP contribution in [0.5, 0.6) is 0 Å². The monoisotopic (exact) mass is 183 g/mol. The first kappa shape index (κ1) is 8.20. The predicted octanol–water partition coefficient (Wildman–Crippen LogP) is 2.15. The maximum Gasteiger partial charge on any atom is 0.122 e. The smallest absolute Gasteiger partial charge is 0.122 e. The lowest BCUT2D eigenvalue weighted by Gasteiger charge is -2.02. The zero-order valence-corrected chi connectivity index (χ0v) is 7.97. The molecule has 0 bridgehead atoms. The molecule has 1 atom stereocenters. The molecule has 3 heteroatoms. The number of hydrogen-bond donors (Lipinski definition) is 1. The maximum atomic E-state index is 9.72. The number of aromatic nitrogens is 1. The molecule has 1 aliphatic carbocycles. The first-order chi connectivity index (χ1) is 5.81. The van der Waals surface area contributed by atoms with Crippen molar-refractivity contribution in [2.24, 2.45) is 5.92 Å². The van der Waals surface area contributed by atoms with Gasteiger partial charge in [-0.15, -0.1) is 11.3 Å². The summed E-state index contributed by atoms with van der Waals surface area (Å²) in [6, 6.07) is 0. The van der Waals surface area contributed by atoms with E-state index in [1.807, 2.05) is 6.20 Å². The molecule has 0 saturated heterocycles. The molecule has 2 nitrogen and oxygen atoms in total. The third-order valence-electron chi connectivity index (χ3n) is 2.24. The van der Waals surface area contributed by atoms with Crippen LogP contribution >= 0.6 is 11.3 Å². The lowest BCUT2D eigenvalue weighted by Crippen LogP contribution is -1.97. The molecule has 0 radical (unpaired) electrons. The number of aliphatic hydroxyl groups excluding tert-OH is 1. The molecule has 0 aromatic carbocycles. The van der Waals surface area contributed by atoms with E-state index < -0.39 is 0 Å². The first-order valence-corrected chi connectivity index (χ1v) is 5.25. The minimum Gasteiger partial charge on any atom is -0.386 e. The SMILES string of the molecule is CCc1cnc(C(O)C2CC2)s1. The average molecular weight is 183 g/mol. The number of nitrogens with zero attached hydrogens (tertiary/aromatic N) is 1. The Bertz CT molecular complexity index is 267. The number of aliphatic hydroxyl groups is 1. The summed E-state index contributed by atoms with van der Waals surface area (Å²) in [6.45, 7) is 2.11. The van der Waals surface area contributed by atoms with Crippen molar-refractivity contribution in [2.45, 2.75) is 32.3 Å². The minimum absolute atomic E-state index is 0.282. The molecule has 66 valence electrons. The van der Waals surface area contributed by atoms with E-state index in [2.05, 4.69) is 11.9 Å². The van der Waals surface area contributed by atoms with Gasteiger partial charge in [0, 0.05) is 11.1 Å². The van der Waals surface area contributed by atoms with Gasteiger partial charge in [0.2, 0.25) is 0 Å². The Balaban J connectivity index is 2.10. The molecule has 0 aliphatic heterocycles. The standard InChI is InChI=1S/C9H13NOS/c1-2-7-5-10-9(12-7)8(11)6-3-4-6/h5-6,8,11H,2-4H2,1H3. The van der Waals surface area contributed by atoms with Gasteiger partial charge in [0.05, 0.1) is 0 Å². The topological polar surface area (TPSA) is 33.1 Å². The summed E-state index contributed by atoms with van der Waals surface area (Å²) in [4.78, 5) is 5.48. The lowest BCUT2D eigenvalue weighted by molar-refractivity contribution is 0.153. The molecule has 1 N–H and O–H groups in total. The van der Waals surface area contributed by atoms with Gasteiger partial charge in [0.25, 0.3) is 0 Å². The van der Waals surface area contributed by atoms with Gasteiger partial charge in [-0.2, -0.15) is 0 Å². The molecule has 12 heavy (non-hydrogen) atoms. The van der Waals surface area contributed by atoms with Gasteiger partial charge < -0.3 is 5.11 Å². The van der Waals surface area contributed by atoms with Gasteiger partial charge in [-0.1, -0.05) is 6.92 Å². The summed E-state index contributed by atoms with van der Waals surface area (Å²) >= 11 is 1.65. The van der Waals surface area contributed by atoms with Crippen LogP contribution in [0.3, 0.4) is 0 Å². The molecule has 1 unspecified atom stereocenters. The molecule has 1 heterocycles. The second kappa shape index (κ2) is 3.15. The van der Waals surface area contributed by atoms with Crippen LogP contribution in [-0.4, -0.2) is 10.1 Å². The molecule has 1 saturated carbocycles. The third-order valence-corrected chi connectivity index (χ3v) is 3.45. The van der Waals surface area contributed by atoms with Crippen LogP contribution in [0.4, 0.5) is 0 Å². The van der Waals surface area contributed by atoms with Crippen LogP contribution in [0.1, 0.15) is 35.8 Å². The van der Waals surface area contributed by atoms with Crippen molar-refractivity contribution in [3.05, 3.63) is 16.1 Å². The highest BCUT2D eigenvalue weighted by Gasteiger charge is 2.32. The Kier molecular flexibility index (Phi) is 2.15. The van der Waals surface area contributed by atoms with Crippen LogP contribution in [-0.2, 0) is 6.42 Å². The summed E-state index contributed by atoms with van der Waals surface area (Å²) in [7, 11) is 0. The molecule has 0 spiro atoms. The van der Waals surface area contributed by atoms with Gasteiger partial charge in [-0.05, 0) is 25.2 Å². The minimum atomic E-state index is -0.282. The van der Waals surface area contributed by atoms with E-state index in [9.17, 15) is 5.11 Å². The largest absolute Gasteiger partial charge is 0.386 e. The van der Waals surface area contributed by atoms with Crippen molar-refractivity contribution in [1.82, 2.24) is 4.98 Å². The average Bonchev–Trinajstić information content (AvgIpc) is 2.82. The molecule has 0 amide bonds. The predicted molar refractivity (Wildman–Crippen MR) is 49.2 cm³/mol. The van der Waals surface area contributed by atoms with E-state index in [0.29, 0.717) is 5.92 Å². The normalized spacial score (nSPS) is 19.5. The quantitative estimate of drug-likeness (QED) is 0.779. The zero-order valence-electron chi connectivity index (χ0n) is 7.16. The molecule has 1 aromatic rings. The zero-order chi connectivity index (χ0) is 8.55. The van der Waals surface area contributed by atoms with Crippen molar-refractivity contribution < 1.29 is 5.11 Å². The number of hydrogen-bond acceptors (Lipinski definition) is 3. The third kappa shape index (κ3) is 1.52. The van der Waals surface area contributed by atoms with Crippen molar-refractivity contribution in [3.8, 4) is 0 Å². The van der Waals surface area contributed by atoms with E-state index in [0.717, 1.165) is 11.4 Å². The Hall–Kier alpha value is -0.410. The van der Waals surface area contributed by atoms with Gasteiger partial charge in [0.1, 0.15) is 11.1 Å². The second-order valence-corrected chi connectivity index (χ2v) is 4.45. The van der Waals surface area contributed by atoms with Crippen LogP contribution in [0.25, 0.3) is 0 Å². The fraction of sp³-hybridized carbons (Fsp3) is 0.667. The van der Waals surface area contributed by atoms with E-state index >= 15 is 0 Å². The lowest BCUT2D eigenvalue weighted by atomic mass is 10.2. The highest BCUT2D eigenvalue weighted by molar-refractivity contribution is 7.11. The van der Waals surface area contributed by atoms with E-state index in [1.54, 1.807) is 11.3 Å². The second-order valence-electron chi connectivity index (χ2n) is 3.30. The van der Waals surface area contributed by atoms with Gasteiger partial charge in [0.15, 0.2) is 0 Å². The van der Waals surface area contributed by atoms with Crippen molar-refractivity contribution in [2.75, 3.05) is 0 Å². The summed E-state index contributed by atoms with van der Waals surface area (Å²) in [5.41, 5.74) is 0.